The predicted molar refractivity (Wildman–Crippen MR) is 70.1 cm³/mol. The highest BCUT2D eigenvalue weighted by atomic mass is 16.5. The molecule has 0 spiro atoms. The number of nitrogens with zero attached hydrogens (tertiary/aromatic N) is 1. The number of aliphatic imine (C=N–C) groups is 1. The number of ether oxygens (including phenoxy) is 2. The Labute approximate surface area is 107 Å². The molecule has 0 saturated carbocycles. The molecule has 96 valence electrons. The number of benzene rings is 1. The van der Waals surface area contributed by atoms with E-state index in [-0.39, 0.29) is 6.04 Å². The fourth-order valence-corrected chi connectivity index (χ4v) is 2.50. The van der Waals surface area contributed by atoms with Crippen LogP contribution in [0.25, 0.3) is 0 Å². The van der Waals surface area contributed by atoms with Gasteiger partial charge in [-0.1, -0.05) is 12.1 Å². The third-order valence-corrected chi connectivity index (χ3v) is 3.51. The number of hydrogen-bond donors (Lipinski definition) is 1. The van der Waals surface area contributed by atoms with Gasteiger partial charge in [0.05, 0.1) is 13.2 Å². The minimum absolute atomic E-state index is 0.109. The third-order valence-electron chi connectivity index (χ3n) is 3.51. The molecule has 1 aromatic rings. The highest BCUT2D eigenvalue weighted by Crippen LogP contribution is 2.27. The van der Waals surface area contributed by atoms with Gasteiger partial charge < -0.3 is 14.8 Å². The summed E-state index contributed by atoms with van der Waals surface area (Å²) in [6.45, 7) is 1.71. The summed E-state index contributed by atoms with van der Waals surface area (Å²) in [7, 11) is 1.68. The van der Waals surface area contributed by atoms with E-state index in [0.717, 1.165) is 30.2 Å². The lowest BCUT2D eigenvalue weighted by Crippen LogP contribution is -2.30. The Morgan fingerprint density at radius 1 is 1.44 bits per heavy atom. The first-order valence-corrected chi connectivity index (χ1v) is 6.44. The smallest absolute Gasteiger partial charge is 0.201 e. The zero-order valence-corrected chi connectivity index (χ0v) is 10.6. The molecule has 1 fully saturated rings. The molecule has 4 nitrogen and oxygen atoms in total. The van der Waals surface area contributed by atoms with Crippen molar-refractivity contribution < 1.29 is 9.47 Å². The highest BCUT2D eigenvalue weighted by molar-refractivity contribution is 5.83. The Balaban J connectivity index is 1.77. The summed E-state index contributed by atoms with van der Waals surface area (Å²) in [6.07, 6.45) is 2.33. The van der Waals surface area contributed by atoms with Crippen molar-refractivity contribution in [2.24, 2.45) is 4.99 Å². The number of rotatable bonds is 3. The van der Waals surface area contributed by atoms with Crippen molar-refractivity contribution in [3.63, 3.8) is 0 Å². The lowest BCUT2D eigenvalue weighted by molar-refractivity contribution is 0.304. The van der Waals surface area contributed by atoms with Crippen molar-refractivity contribution in [2.45, 2.75) is 24.9 Å². The molecule has 1 saturated heterocycles. The maximum atomic E-state index is 5.72. The Kier molecular flexibility index (Phi) is 3.19. The Hall–Kier alpha value is -1.55. The van der Waals surface area contributed by atoms with Gasteiger partial charge >= 0.3 is 0 Å². The van der Waals surface area contributed by atoms with E-state index >= 15 is 0 Å². The summed E-state index contributed by atoms with van der Waals surface area (Å²) in [4.78, 5) is 4.69. The molecule has 0 aromatic heterocycles. The zero-order valence-electron chi connectivity index (χ0n) is 10.6. The molecule has 1 aromatic carbocycles. The van der Waals surface area contributed by atoms with Crippen LogP contribution in [-0.4, -0.2) is 32.2 Å². The Bertz CT molecular complexity index is 453. The Morgan fingerprint density at radius 3 is 3.17 bits per heavy atom. The molecule has 1 N–H and O–H groups in total. The van der Waals surface area contributed by atoms with Crippen molar-refractivity contribution in [3.8, 4) is 5.75 Å². The van der Waals surface area contributed by atoms with E-state index in [0.29, 0.717) is 12.6 Å². The second-order valence-electron chi connectivity index (χ2n) is 4.72. The normalized spacial score (nSPS) is 26.8. The number of methoxy groups -OCH3 is 1. The van der Waals surface area contributed by atoms with Gasteiger partial charge in [0, 0.05) is 0 Å². The van der Waals surface area contributed by atoms with Crippen LogP contribution in [0.1, 0.15) is 24.4 Å². The average molecular weight is 246 g/mol. The van der Waals surface area contributed by atoms with Gasteiger partial charge in [0.25, 0.3) is 0 Å². The maximum Gasteiger partial charge on any atom is 0.201 e. The van der Waals surface area contributed by atoms with Crippen molar-refractivity contribution in [1.29, 1.82) is 0 Å². The predicted octanol–water partition coefficient (Wildman–Crippen LogP) is 1.92. The van der Waals surface area contributed by atoms with E-state index in [1.807, 2.05) is 18.2 Å². The van der Waals surface area contributed by atoms with Gasteiger partial charge in [0.2, 0.25) is 5.90 Å². The van der Waals surface area contributed by atoms with E-state index in [4.69, 9.17) is 14.5 Å². The van der Waals surface area contributed by atoms with Crippen molar-refractivity contribution in [3.05, 3.63) is 29.8 Å². The van der Waals surface area contributed by atoms with Gasteiger partial charge in [-0.15, -0.1) is 0 Å². The van der Waals surface area contributed by atoms with Crippen LogP contribution in [0.5, 0.6) is 5.75 Å². The SMILES string of the molecule is COc1cccc(C2COC(C3CCCN3)=N2)c1. The molecular weight excluding hydrogens is 228 g/mol. The van der Waals surface area contributed by atoms with Crippen LogP contribution in [0.2, 0.25) is 0 Å². The standard InChI is InChI=1S/C14H18N2O2/c1-17-11-5-2-4-10(8-11)13-9-18-14(16-13)12-6-3-7-15-12/h2,4-5,8,12-13,15H,3,6-7,9H2,1H3. The van der Waals surface area contributed by atoms with Crippen LogP contribution in [-0.2, 0) is 4.74 Å². The molecule has 2 atom stereocenters. The fraction of sp³-hybridized carbons (Fsp3) is 0.500. The zero-order chi connectivity index (χ0) is 12.4. The van der Waals surface area contributed by atoms with Gasteiger partial charge in [-0.25, -0.2) is 4.99 Å². The second-order valence-corrected chi connectivity index (χ2v) is 4.72. The summed E-state index contributed by atoms with van der Waals surface area (Å²) < 4.78 is 11.0. The van der Waals surface area contributed by atoms with Crippen LogP contribution in [0.4, 0.5) is 0 Å². The largest absolute Gasteiger partial charge is 0.497 e. The third kappa shape index (κ3) is 2.20. The summed E-state index contributed by atoms with van der Waals surface area (Å²) in [5.41, 5.74) is 1.15. The fourth-order valence-electron chi connectivity index (χ4n) is 2.50. The van der Waals surface area contributed by atoms with Crippen LogP contribution < -0.4 is 10.1 Å². The average Bonchev–Trinajstić information content (AvgIpc) is 3.09. The molecule has 0 amide bonds. The molecule has 4 heteroatoms. The first-order valence-electron chi connectivity index (χ1n) is 6.44. The topological polar surface area (TPSA) is 42.9 Å². The number of nitrogens with one attached hydrogen (secondary N) is 1. The monoisotopic (exact) mass is 246 g/mol. The van der Waals surface area contributed by atoms with Gasteiger partial charge in [-0.2, -0.15) is 0 Å². The molecule has 2 aliphatic rings. The van der Waals surface area contributed by atoms with E-state index in [9.17, 15) is 0 Å². The summed E-state index contributed by atoms with van der Waals surface area (Å²) in [5, 5.41) is 3.41. The Morgan fingerprint density at radius 2 is 2.39 bits per heavy atom. The van der Waals surface area contributed by atoms with E-state index in [1.165, 1.54) is 6.42 Å². The van der Waals surface area contributed by atoms with Gasteiger partial charge in [0.15, 0.2) is 0 Å². The van der Waals surface area contributed by atoms with Crippen LogP contribution in [0.3, 0.4) is 0 Å². The van der Waals surface area contributed by atoms with Crippen LogP contribution >= 0.6 is 0 Å². The van der Waals surface area contributed by atoms with Gasteiger partial charge in [0.1, 0.15) is 18.4 Å². The minimum atomic E-state index is 0.109. The van der Waals surface area contributed by atoms with Crippen molar-refractivity contribution >= 4 is 5.90 Å². The molecule has 2 aliphatic heterocycles. The molecule has 0 aliphatic carbocycles. The summed E-state index contributed by atoms with van der Waals surface area (Å²) >= 11 is 0. The van der Waals surface area contributed by atoms with E-state index in [2.05, 4.69) is 11.4 Å². The van der Waals surface area contributed by atoms with E-state index in [1.54, 1.807) is 7.11 Å². The quantitative estimate of drug-likeness (QED) is 0.886. The van der Waals surface area contributed by atoms with Crippen LogP contribution in [0.15, 0.2) is 29.3 Å². The van der Waals surface area contributed by atoms with Gasteiger partial charge in [-0.3, -0.25) is 0 Å². The molecule has 0 bridgehead atoms. The number of hydrogen-bond acceptors (Lipinski definition) is 4. The molecule has 2 heterocycles. The van der Waals surface area contributed by atoms with E-state index < -0.39 is 0 Å². The molecule has 3 rings (SSSR count). The lowest BCUT2D eigenvalue weighted by Gasteiger charge is -2.08. The summed E-state index contributed by atoms with van der Waals surface area (Å²) in [6, 6.07) is 8.48. The molecule has 2 unspecified atom stereocenters. The molecular formula is C14H18N2O2. The maximum absolute atomic E-state index is 5.72. The van der Waals surface area contributed by atoms with Crippen LogP contribution in [0, 0.1) is 0 Å². The second kappa shape index (κ2) is 4.98. The molecule has 0 radical (unpaired) electrons. The molecule has 18 heavy (non-hydrogen) atoms. The summed E-state index contributed by atoms with van der Waals surface area (Å²) in [5.74, 6) is 1.75. The minimum Gasteiger partial charge on any atom is -0.497 e. The highest BCUT2D eigenvalue weighted by Gasteiger charge is 2.28. The lowest BCUT2D eigenvalue weighted by atomic mass is 10.1. The first kappa shape index (κ1) is 11.5. The first-order chi connectivity index (χ1) is 8.86. The van der Waals surface area contributed by atoms with Crippen molar-refractivity contribution in [2.75, 3.05) is 20.3 Å². The van der Waals surface area contributed by atoms with Crippen molar-refractivity contribution in [1.82, 2.24) is 5.32 Å². The van der Waals surface area contributed by atoms with Gasteiger partial charge in [-0.05, 0) is 37.1 Å².